The topological polar surface area (TPSA) is 99.5 Å². The lowest BCUT2D eigenvalue weighted by Gasteiger charge is -2.29. The molecule has 0 fully saturated rings. The van der Waals surface area contributed by atoms with Crippen LogP contribution in [0, 0.1) is 0 Å². The number of carbonyl (C=O) groups excluding carboxylic acids is 1. The van der Waals surface area contributed by atoms with Crippen LogP contribution in [0.25, 0.3) is 0 Å². The van der Waals surface area contributed by atoms with Gasteiger partial charge in [0.25, 0.3) is 5.91 Å². The highest BCUT2D eigenvalue weighted by Crippen LogP contribution is 2.40. The number of unbranched alkanes of at least 4 members (excludes halogenated alkanes) is 3. The maximum atomic E-state index is 14.0. The third kappa shape index (κ3) is 7.35. The standard InChI is InChI=1S/C31H41N5O4S/c1-6-9-13-18-40-25-17-16-22(20-26(25)38-5)28-27(29(37)33-23-14-11-12-15-24(23)39-8-3)21(4)32-30-34-31(35-36(28)30)41-19-10-7-2/h11-12,14-17,20,28H,6-10,13,18-19H2,1-5H3,(H,33,37)(H,32,34,35). The summed E-state index contributed by atoms with van der Waals surface area (Å²) in [5.74, 6) is 3.16. The Balaban J connectivity index is 1.72. The molecule has 0 aliphatic carbocycles. The first-order chi connectivity index (χ1) is 20.0. The number of methoxy groups -OCH3 is 1. The Kier molecular flexibility index (Phi) is 11.0. The smallest absolute Gasteiger partial charge is 0.255 e. The third-order valence-electron chi connectivity index (χ3n) is 6.75. The number of hydrogen-bond donors (Lipinski definition) is 2. The van der Waals surface area contributed by atoms with Crippen LogP contribution in [0.3, 0.4) is 0 Å². The van der Waals surface area contributed by atoms with Gasteiger partial charge in [0.1, 0.15) is 11.8 Å². The van der Waals surface area contributed by atoms with E-state index in [2.05, 4.69) is 24.5 Å². The van der Waals surface area contributed by atoms with Gasteiger partial charge in [0.2, 0.25) is 11.1 Å². The van der Waals surface area contributed by atoms with Crippen molar-refractivity contribution < 1.29 is 19.0 Å². The number of carbonyl (C=O) groups is 1. The molecule has 10 heteroatoms. The van der Waals surface area contributed by atoms with E-state index in [1.807, 2.05) is 56.3 Å². The molecule has 0 spiro atoms. The highest BCUT2D eigenvalue weighted by atomic mass is 32.2. The van der Waals surface area contributed by atoms with Gasteiger partial charge in [-0.25, -0.2) is 4.68 Å². The van der Waals surface area contributed by atoms with Crippen LogP contribution in [0.1, 0.15) is 71.4 Å². The fourth-order valence-electron chi connectivity index (χ4n) is 4.65. The van der Waals surface area contributed by atoms with E-state index in [4.69, 9.17) is 24.3 Å². The van der Waals surface area contributed by atoms with Gasteiger partial charge in [-0.05, 0) is 56.5 Å². The molecular weight excluding hydrogens is 538 g/mol. The highest BCUT2D eigenvalue weighted by Gasteiger charge is 2.35. The molecule has 3 aromatic rings. The predicted octanol–water partition coefficient (Wildman–Crippen LogP) is 7.07. The summed E-state index contributed by atoms with van der Waals surface area (Å²) >= 11 is 1.62. The molecule has 2 N–H and O–H groups in total. The van der Waals surface area contributed by atoms with Gasteiger partial charge < -0.3 is 24.8 Å². The van der Waals surface area contributed by atoms with Crippen molar-refractivity contribution >= 4 is 29.3 Å². The van der Waals surface area contributed by atoms with Crippen LogP contribution in [0.5, 0.6) is 17.2 Å². The quantitative estimate of drug-likeness (QED) is 0.146. The molecule has 41 heavy (non-hydrogen) atoms. The lowest BCUT2D eigenvalue weighted by atomic mass is 9.94. The molecular formula is C31H41N5O4S. The van der Waals surface area contributed by atoms with E-state index in [1.165, 1.54) is 0 Å². The van der Waals surface area contributed by atoms with Crippen LogP contribution in [0.4, 0.5) is 11.6 Å². The number of fused-ring (bicyclic) bond motifs is 1. The van der Waals surface area contributed by atoms with Crippen molar-refractivity contribution in [1.29, 1.82) is 0 Å². The zero-order valence-corrected chi connectivity index (χ0v) is 25.5. The second-order valence-electron chi connectivity index (χ2n) is 9.78. The maximum Gasteiger partial charge on any atom is 0.255 e. The molecule has 0 bridgehead atoms. The van der Waals surface area contributed by atoms with Gasteiger partial charge >= 0.3 is 0 Å². The van der Waals surface area contributed by atoms with Crippen molar-refractivity contribution in [2.75, 3.05) is 36.7 Å². The first kappa shape index (κ1) is 30.3. The van der Waals surface area contributed by atoms with Crippen molar-refractivity contribution in [2.45, 2.75) is 71.0 Å². The number of ether oxygens (including phenoxy) is 3. The Morgan fingerprint density at radius 1 is 1.02 bits per heavy atom. The zero-order chi connectivity index (χ0) is 29.2. The van der Waals surface area contributed by atoms with Crippen molar-refractivity contribution in [2.24, 2.45) is 0 Å². The normalized spacial score (nSPS) is 14.3. The molecule has 1 aromatic heterocycles. The van der Waals surface area contributed by atoms with Gasteiger partial charge in [0, 0.05) is 11.4 Å². The lowest BCUT2D eigenvalue weighted by Crippen LogP contribution is -2.31. The molecule has 1 aliphatic heterocycles. The maximum absolute atomic E-state index is 14.0. The Morgan fingerprint density at radius 3 is 2.59 bits per heavy atom. The third-order valence-corrected chi connectivity index (χ3v) is 7.67. The number of amides is 1. The molecule has 9 nitrogen and oxygen atoms in total. The molecule has 4 rings (SSSR count). The number of para-hydroxylation sites is 2. The van der Waals surface area contributed by atoms with E-state index in [-0.39, 0.29) is 5.91 Å². The summed E-state index contributed by atoms with van der Waals surface area (Å²) in [7, 11) is 1.63. The van der Waals surface area contributed by atoms with Crippen LogP contribution in [0.2, 0.25) is 0 Å². The lowest BCUT2D eigenvalue weighted by molar-refractivity contribution is -0.113. The summed E-state index contributed by atoms with van der Waals surface area (Å²) in [5, 5.41) is 11.9. The minimum Gasteiger partial charge on any atom is -0.493 e. The number of benzene rings is 2. The number of anilines is 2. The van der Waals surface area contributed by atoms with E-state index in [9.17, 15) is 4.79 Å². The van der Waals surface area contributed by atoms with Gasteiger partial charge in [0.05, 0.1) is 31.6 Å². The number of thioether (sulfide) groups is 1. The Labute approximate surface area is 247 Å². The van der Waals surface area contributed by atoms with Crippen LogP contribution >= 0.6 is 11.8 Å². The first-order valence-corrected chi connectivity index (χ1v) is 15.4. The van der Waals surface area contributed by atoms with Gasteiger partial charge in [0.15, 0.2) is 11.5 Å². The average Bonchev–Trinajstić information content (AvgIpc) is 3.38. The second kappa shape index (κ2) is 14.8. The Morgan fingerprint density at radius 2 is 1.83 bits per heavy atom. The number of aromatic nitrogens is 3. The Bertz CT molecular complexity index is 1360. The minimum atomic E-state index is -0.540. The molecule has 0 saturated carbocycles. The second-order valence-corrected chi connectivity index (χ2v) is 10.8. The molecule has 1 unspecified atom stereocenters. The fraction of sp³-hybridized carbons (Fsp3) is 0.452. The van der Waals surface area contributed by atoms with Crippen LogP contribution in [0.15, 0.2) is 58.9 Å². The van der Waals surface area contributed by atoms with Crippen molar-refractivity contribution in [3.63, 3.8) is 0 Å². The summed E-state index contributed by atoms with van der Waals surface area (Å²) in [6.07, 6.45) is 5.39. The number of nitrogens with one attached hydrogen (secondary N) is 2. The first-order valence-electron chi connectivity index (χ1n) is 14.4. The molecule has 1 atom stereocenters. The van der Waals surface area contributed by atoms with Gasteiger partial charge in [-0.3, -0.25) is 4.79 Å². The predicted molar refractivity (Wildman–Crippen MR) is 164 cm³/mol. The molecule has 1 aliphatic rings. The molecule has 220 valence electrons. The number of nitrogens with zero attached hydrogens (tertiary/aromatic N) is 3. The minimum absolute atomic E-state index is 0.257. The molecule has 2 aromatic carbocycles. The summed E-state index contributed by atoms with van der Waals surface area (Å²) in [6, 6.07) is 12.7. The fourth-order valence-corrected chi connectivity index (χ4v) is 5.56. The average molecular weight is 580 g/mol. The van der Waals surface area contributed by atoms with Crippen LogP contribution in [-0.4, -0.2) is 46.7 Å². The largest absolute Gasteiger partial charge is 0.493 e. The van der Waals surface area contributed by atoms with E-state index < -0.39 is 6.04 Å². The Hall–Kier alpha value is -3.66. The van der Waals surface area contributed by atoms with Crippen LogP contribution in [-0.2, 0) is 4.79 Å². The number of rotatable bonds is 15. The van der Waals surface area contributed by atoms with Gasteiger partial charge in [-0.2, -0.15) is 4.98 Å². The van der Waals surface area contributed by atoms with Gasteiger partial charge in [-0.15, -0.1) is 5.10 Å². The molecule has 2 heterocycles. The molecule has 1 amide bonds. The van der Waals surface area contributed by atoms with E-state index in [0.29, 0.717) is 58.5 Å². The van der Waals surface area contributed by atoms with Crippen LogP contribution < -0.4 is 24.8 Å². The zero-order valence-electron chi connectivity index (χ0n) is 24.7. The van der Waals surface area contributed by atoms with Crippen molar-refractivity contribution in [3.05, 3.63) is 59.3 Å². The summed E-state index contributed by atoms with van der Waals surface area (Å²) < 4.78 is 19.3. The van der Waals surface area contributed by atoms with E-state index in [1.54, 1.807) is 23.6 Å². The number of hydrogen-bond acceptors (Lipinski definition) is 8. The summed E-state index contributed by atoms with van der Waals surface area (Å²) in [6.45, 7) is 9.25. The highest BCUT2D eigenvalue weighted by molar-refractivity contribution is 7.99. The molecule has 0 saturated heterocycles. The summed E-state index contributed by atoms with van der Waals surface area (Å²) in [4.78, 5) is 18.7. The summed E-state index contributed by atoms with van der Waals surface area (Å²) in [5.41, 5.74) is 2.66. The van der Waals surface area contributed by atoms with E-state index >= 15 is 0 Å². The SMILES string of the molecule is CCCCCOc1ccc(C2C(C(=O)Nc3ccccc3OCC)=C(C)Nc3nc(SCCCC)nn32)cc1OC. The number of allylic oxidation sites excluding steroid dienone is 1. The van der Waals surface area contributed by atoms with Crippen molar-refractivity contribution in [3.8, 4) is 17.2 Å². The monoisotopic (exact) mass is 579 g/mol. The molecule has 0 radical (unpaired) electrons. The van der Waals surface area contributed by atoms with E-state index in [0.717, 1.165) is 43.4 Å². The van der Waals surface area contributed by atoms with Gasteiger partial charge in [-0.1, -0.05) is 63.1 Å². The van der Waals surface area contributed by atoms with Crippen molar-refractivity contribution in [1.82, 2.24) is 14.8 Å².